The van der Waals surface area contributed by atoms with E-state index in [0.717, 1.165) is 31.2 Å². The van der Waals surface area contributed by atoms with Gasteiger partial charge in [0, 0.05) is 17.6 Å². The van der Waals surface area contributed by atoms with Crippen LogP contribution in [0.1, 0.15) is 58.1 Å². The maximum absolute atomic E-state index is 12.4. The molecule has 1 fully saturated rings. The third-order valence-electron chi connectivity index (χ3n) is 4.67. The average Bonchev–Trinajstić information content (AvgIpc) is 2.57. The van der Waals surface area contributed by atoms with E-state index in [2.05, 4.69) is 10.6 Å². The van der Waals surface area contributed by atoms with Gasteiger partial charge in [-0.05, 0) is 70.1 Å². The molecule has 1 atom stereocenters. The third-order valence-corrected chi connectivity index (χ3v) is 4.90. The maximum atomic E-state index is 12.4. The number of aliphatic hydroxyl groups is 1. The number of nitrogens with one attached hydrogen (secondary N) is 2. The molecule has 5 nitrogen and oxygen atoms in total. The van der Waals surface area contributed by atoms with Crippen LogP contribution in [0.25, 0.3) is 0 Å². The van der Waals surface area contributed by atoms with E-state index in [4.69, 9.17) is 21.4 Å². The van der Waals surface area contributed by atoms with Crippen LogP contribution in [0.15, 0.2) is 24.3 Å². The number of hydrogen-bond donors (Lipinski definition) is 3. The number of aliphatic hydroxyl groups excluding tert-OH is 1. The van der Waals surface area contributed by atoms with Crippen molar-refractivity contribution < 1.29 is 14.6 Å². The number of rotatable bonds is 6. The van der Waals surface area contributed by atoms with Crippen LogP contribution in [0.2, 0.25) is 5.02 Å². The Kier molecular flexibility index (Phi) is 7.74. The Hall–Kier alpha value is -1.30. The van der Waals surface area contributed by atoms with Gasteiger partial charge in [-0.3, -0.25) is 0 Å². The molecule has 0 bridgehead atoms. The van der Waals surface area contributed by atoms with Crippen LogP contribution < -0.4 is 10.6 Å². The molecule has 1 saturated carbocycles. The lowest BCUT2D eigenvalue weighted by Gasteiger charge is -2.35. The van der Waals surface area contributed by atoms with Crippen molar-refractivity contribution in [2.24, 2.45) is 5.92 Å². The molecule has 0 spiro atoms. The van der Waals surface area contributed by atoms with Crippen molar-refractivity contribution in [2.75, 3.05) is 13.2 Å². The number of carbonyl (C=O) groups is 1. The van der Waals surface area contributed by atoms with Gasteiger partial charge >= 0.3 is 6.09 Å². The fourth-order valence-corrected chi connectivity index (χ4v) is 3.73. The summed E-state index contributed by atoms with van der Waals surface area (Å²) in [5.41, 5.74) is 0.476. The number of hydrogen-bond acceptors (Lipinski definition) is 4. The van der Waals surface area contributed by atoms with Gasteiger partial charge in [0.1, 0.15) is 5.60 Å². The normalized spacial score (nSPS) is 21.9. The average molecular weight is 383 g/mol. The molecule has 146 valence electrons. The van der Waals surface area contributed by atoms with Gasteiger partial charge in [0.15, 0.2) is 0 Å². The highest BCUT2D eigenvalue weighted by Gasteiger charge is 2.31. The highest BCUT2D eigenvalue weighted by Crippen LogP contribution is 2.35. The van der Waals surface area contributed by atoms with Crippen LogP contribution in [0.5, 0.6) is 0 Å². The zero-order chi connectivity index (χ0) is 19.2. The SMILES string of the molecule is CC(C)(C)OC(=O)NC(c1cccc(Cl)c1)C1CCC(NCCO)CC1. The van der Waals surface area contributed by atoms with Crippen molar-refractivity contribution >= 4 is 17.7 Å². The lowest BCUT2D eigenvalue weighted by atomic mass is 9.79. The topological polar surface area (TPSA) is 70.6 Å². The molecular weight excluding hydrogens is 352 g/mol. The first kappa shape index (κ1) is 21.0. The van der Waals surface area contributed by atoms with Crippen LogP contribution in [0.4, 0.5) is 4.79 Å². The highest BCUT2D eigenvalue weighted by molar-refractivity contribution is 6.30. The van der Waals surface area contributed by atoms with E-state index < -0.39 is 11.7 Å². The number of benzene rings is 1. The van der Waals surface area contributed by atoms with Crippen LogP contribution in [0, 0.1) is 5.92 Å². The second-order valence-corrected chi connectivity index (χ2v) is 8.40. The Bertz CT molecular complexity index is 581. The number of alkyl carbamates (subject to hydrolysis) is 1. The lowest BCUT2D eigenvalue weighted by molar-refractivity contribution is 0.0473. The quantitative estimate of drug-likeness (QED) is 0.694. The molecule has 6 heteroatoms. The molecule has 1 aliphatic carbocycles. The molecule has 1 aromatic rings. The summed E-state index contributed by atoms with van der Waals surface area (Å²) < 4.78 is 5.46. The van der Waals surface area contributed by atoms with Crippen molar-refractivity contribution in [1.29, 1.82) is 0 Å². The fourth-order valence-electron chi connectivity index (χ4n) is 3.53. The molecule has 0 aromatic heterocycles. The Labute approximate surface area is 161 Å². The molecule has 1 aliphatic rings. The van der Waals surface area contributed by atoms with Gasteiger partial charge in [0.2, 0.25) is 0 Å². The number of amides is 1. The summed E-state index contributed by atoms with van der Waals surface area (Å²) in [5.74, 6) is 0.327. The minimum atomic E-state index is -0.533. The van der Waals surface area contributed by atoms with Gasteiger partial charge in [-0.1, -0.05) is 23.7 Å². The number of ether oxygens (including phenoxy) is 1. The van der Waals surface area contributed by atoms with Crippen molar-refractivity contribution in [3.05, 3.63) is 34.9 Å². The van der Waals surface area contributed by atoms with Crippen LogP contribution >= 0.6 is 11.6 Å². The largest absolute Gasteiger partial charge is 0.444 e. The predicted octanol–water partition coefficient (Wildman–Crippen LogP) is 4.05. The summed E-state index contributed by atoms with van der Waals surface area (Å²) in [6.45, 7) is 6.37. The van der Waals surface area contributed by atoms with Gasteiger partial charge < -0.3 is 20.5 Å². The zero-order valence-corrected chi connectivity index (χ0v) is 16.7. The summed E-state index contributed by atoms with van der Waals surface area (Å²) >= 11 is 6.17. The van der Waals surface area contributed by atoms with Crippen LogP contribution in [-0.4, -0.2) is 36.0 Å². The van der Waals surface area contributed by atoms with Gasteiger partial charge in [0.25, 0.3) is 0 Å². The highest BCUT2D eigenvalue weighted by atomic mass is 35.5. The van der Waals surface area contributed by atoms with E-state index in [9.17, 15) is 4.79 Å². The minimum absolute atomic E-state index is 0.123. The predicted molar refractivity (Wildman–Crippen MR) is 104 cm³/mol. The molecule has 3 N–H and O–H groups in total. The molecule has 26 heavy (non-hydrogen) atoms. The molecule has 0 aliphatic heterocycles. The molecule has 1 aromatic carbocycles. The second kappa shape index (κ2) is 9.58. The van der Waals surface area contributed by atoms with E-state index in [0.29, 0.717) is 23.5 Å². The van der Waals surface area contributed by atoms with Crippen LogP contribution in [0.3, 0.4) is 0 Å². The second-order valence-electron chi connectivity index (χ2n) is 7.97. The maximum Gasteiger partial charge on any atom is 0.408 e. The minimum Gasteiger partial charge on any atom is -0.444 e. The molecule has 0 heterocycles. The van der Waals surface area contributed by atoms with Gasteiger partial charge in [-0.15, -0.1) is 0 Å². The molecule has 2 rings (SSSR count). The monoisotopic (exact) mass is 382 g/mol. The standard InChI is InChI=1S/C20H31ClN2O3/c1-20(2,3)26-19(25)23-18(15-5-4-6-16(21)13-15)14-7-9-17(10-8-14)22-11-12-24/h4-6,13-14,17-18,22,24H,7-12H2,1-3H3,(H,23,25). The third kappa shape index (κ3) is 6.78. The summed E-state index contributed by atoms with van der Waals surface area (Å²) in [5, 5.41) is 16.1. The summed E-state index contributed by atoms with van der Waals surface area (Å²) in [6.07, 6.45) is 3.64. The smallest absolute Gasteiger partial charge is 0.408 e. The van der Waals surface area contributed by atoms with E-state index in [-0.39, 0.29) is 12.6 Å². The van der Waals surface area contributed by atoms with E-state index >= 15 is 0 Å². The Morgan fingerprint density at radius 1 is 1.31 bits per heavy atom. The van der Waals surface area contributed by atoms with Crippen LogP contribution in [-0.2, 0) is 4.74 Å². The Morgan fingerprint density at radius 2 is 2.00 bits per heavy atom. The van der Waals surface area contributed by atoms with E-state index in [1.807, 2.05) is 45.0 Å². The van der Waals surface area contributed by atoms with Crippen molar-refractivity contribution in [2.45, 2.75) is 64.1 Å². The number of carbonyl (C=O) groups excluding carboxylic acids is 1. The van der Waals surface area contributed by atoms with E-state index in [1.54, 1.807) is 0 Å². The summed E-state index contributed by atoms with van der Waals surface area (Å²) in [7, 11) is 0. The molecular formula is C20H31ClN2O3. The van der Waals surface area contributed by atoms with Gasteiger partial charge in [-0.2, -0.15) is 0 Å². The van der Waals surface area contributed by atoms with E-state index in [1.165, 1.54) is 0 Å². The first-order valence-corrected chi connectivity index (χ1v) is 9.75. The van der Waals surface area contributed by atoms with Crippen molar-refractivity contribution in [3.63, 3.8) is 0 Å². The Morgan fingerprint density at radius 3 is 2.58 bits per heavy atom. The fraction of sp³-hybridized carbons (Fsp3) is 0.650. The Balaban J connectivity index is 2.08. The lowest BCUT2D eigenvalue weighted by Crippen LogP contribution is -2.41. The van der Waals surface area contributed by atoms with Crippen molar-refractivity contribution in [3.8, 4) is 0 Å². The molecule has 0 radical (unpaired) electrons. The summed E-state index contributed by atoms with van der Waals surface area (Å²) in [6, 6.07) is 7.98. The summed E-state index contributed by atoms with van der Waals surface area (Å²) in [4.78, 5) is 12.4. The number of halogens is 1. The molecule has 1 amide bonds. The van der Waals surface area contributed by atoms with Gasteiger partial charge in [-0.25, -0.2) is 4.79 Å². The first-order valence-electron chi connectivity index (χ1n) is 9.37. The van der Waals surface area contributed by atoms with Gasteiger partial charge in [0.05, 0.1) is 12.6 Å². The molecule has 1 unspecified atom stereocenters. The molecule has 0 saturated heterocycles. The zero-order valence-electron chi connectivity index (χ0n) is 15.9. The van der Waals surface area contributed by atoms with Crippen molar-refractivity contribution in [1.82, 2.24) is 10.6 Å². The first-order chi connectivity index (χ1) is 12.3.